The van der Waals surface area contributed by atoms with E-state index in [2.05, 4.69) is 30.6 Å². The Kier molecular flexibility index (Phi) is 10.5. The molecular weight excluding hydrogens is 518 g/mol. The SMILES string of the molecule is CCCCOC(=O)n1ccc2c(CN3CCN(CC(C)CC)CC3c3ccc(C(=O)OC)cc3)c(OC)cc(C)c21. The number of aryl methyl sites for hydroxylation is 1. The summed E-state index contributed by atoms with van der Waals surface area (Å²) in [5.41, 5.74) is 4.58. The summed E-state index contributed by atoms with van der Waals surface area (Å²) in [7, 11) is 3.10. The van der Waals surface area contributed by atoms with E-state index in [-0.39, 0.29) is 18.1 Å². The van der Waals surface area contributed by atoms with Crippen LogP contribution in [0.15, 0.2) is 42.6 Å². The molecule has 1 fully saturated rings. The predicted octanol–water partition coefficient (Wildman–Crippen LogP) is 6.43. The lowest BCUT2D eigenvalue weighted by molar-refractivity contribution is 0.0588. The zero-order valence-electron chi connectivity index (χ0n) is 25.4. The number of carbonyl (C=O) groups is 2. The van der Waals surface area contributed by atoms with Crippen molar-refractivity contribution in [3.05, 3.63) is 64.8 Å². The van der Waals surface area contributed by atoms with E-state index < -0.39 is 0 Å². The number of hydrogen-bond acceptors (Lipinski definition) is 7. The van der Waals surface area contributed by atoms with Crippen molar-refractivity contribution in [1.82, 2.24) is 14.4 Å². The van der Waals surface area contributed by atoms with Gasteiger partial charge in [-0.15, -0.1) is 0 Å². The maximum atomic E-state index is 12.9. The smallest absolute Gasteiger partial charge is 0.418 e. The van der Waals surface area contributed by atoms with Crippen LogP contribution in [0.2, 0.25) is 0 Å². The Bertz CT molecular complexity index is 1330. The molecule has 3 aromatic rings. The number of aromatic nitrogens is 1. The predicted molar refractivity (Wildman–Crippen MR) is 162 cm³/mol. The van der Waals surface area contributed by atoms with Gasteiger partial charge in [0, 0.05) is 55.9 Å². The molecule has 1 aliphatic heterocycles. The van der Waals surface area contributed by atoms with E-state index in [9.17, 15) is 9.59 Å². The summed E-state index contributed by atoms with van der Waals surface area (Å²) < 4.78 is 18.0. The molecule has 222 valence electrons. The van der Waals surface area contributed by atoms with Crippen molar-refractivity contribution in [3.63, 3.8) is 0 Å². The second-order valence-electron chi connectivity index (χ2n) is 11.2. The van der Waals surface area contributed by atoms with Crippen LogP contribution in [-0.2, 0) is 16.0 Å². The number of carbonyl (C=O) groups excluding carboxylic acids is 2. The van der Waals surface area contributed by atoms with Gasteiger partial charge in [0.15, 0.2) is 0 Å². The number of fused-ring (bicyclic) bond motifs is 1. The van der Waals surface area contributed by atoms with E-state index >= 15 is 0 Å². The molecule has 4 rings (SSSR count). The topological polar surface area (TPSA) is 73.2 Å². The third-order valence-electron chi connectivity index (χ3n) is 8.29. The molecule has 8 heteroatoms. The molecule has 2 unspecified atom stereocenters. The van der Waals surface area contributed by atoms with Crippen LogP contribution < -0.4 is 4.74 Å². The van der Waals surface area contributed by atoms with Gasteiger partial charge in [-0.2, -0.15) is 0 Å². The molecule has 0 aliphatic carbocycles. The van der Waals surface area contributed by atoms with Gasteiger partial charge < -0.3 is 14.2 Å². The van der Waals surface area contributed by atoms with Crippen LogP contribution in [-0.4, -0.2) is 73.4 Å². The lowest BCUT2D eigenvalue weighted by Crippen LogP contribution is -2.49. The van der Waals surface area contributed by atoms with Crippen LogP contribution in [0.4, 0.5) is 4.79 Å². The second-order valence-corrected chi connectivity index (χ2v) is 11.2. The van der Waals surface area contributed by atoms with Crippen LogP contribution in [0.5, 0.6) is 5.75 Å². The molecule has 2 aromatic carbocycles. The van der Waals surface area contributed by atoms with E-state index in [1.807, 2.05) is 49.5 Å². The fraction of sp³-hybridized carbons (Fsp3) is 0.515. The summed E-state index contributed by atoms with van der Waals surface area (Å²) in [4.78, 5) is 30.1. The first-order valence-electron chi connectivity index (χ1n) is 14.8. The minimum Gasteiger partial charge on any atom is -0.496 e. The average molecular weight is 564 g/mol. The molecule has 0 radical (unpaired) electrons. The Balaban J connectivity index is 1.69. The number of methoxy groups -OCH3 is 2. The number of hydrogen-bond donors (Lipinski definition) is 0. The number of unbranched alkanes of at least 4 members (excludes halogenated alkanes) is 1. The highest BCUT2D eigenvalue weighted by molar-refractivity contribution is 5.95. The molecule has 0 N–H and O–H groups in total. The molecule has 1 saturated heterocycles. The van der Waals surface area contributed by atoms with Gasteiger partial charge in [0.25, 0.3) is 0 Å². The van der Waals surface area contributed by atoms with Crippen molar-refractivity contribution >= 4 is 23.0 Å². The van der Waals surface area contributed by atoms with Gasteiger partial charge in [-0.05, 0) is 54.7 Å². The monoisotopic (exact) mass is 563 g/mol. The molecule has 2 atom stereocenters. The standard InChI is InChI=1S/C33H45N3O5/c1-7-9-18-41-33(38)36-15-14-27-28(30(39-5)19-24(4)31(27)36)21-35-17-16-34(20-23(3)8-2)22-29(35)25-10-12-26(13-11-25)32(37)40-6/h10-15,19,23,29H,7-9,16-18,20-22H2,1-6H3. The van der Waals surface area contributed by atoms with Crippen LogP contribution in [0.1, 0.15) is 73.1 Å². The number of ether oxygens (including phenoxy) is 3. The molecular formula is C33H45N3O5. The quantitative estimate of drug-likeness (QED) is 0.196. The number of benzene rings is 2. The zero-order chi connectivity index (χ0) is 29.5. The Hall–Kier alpha value is -3.36. The maximum absolute atomic E-state index is 12.9. The fourth-order valence-corrected chi connectivity index (χ4v) is 5.71. The normalized spacial score (nSPS) is 17.0. The molecule has 0 amide bonds. The Labute approximate surface area is 244 Å². The van der Waals surface area contributed by atoms with E-state index in [4.69, 9.17) is 14.2 Å². The zero-order valence-corrected chi connectivity index (χ0v) is 25.4. The van der Waals surface area contributed by atoms with E-state index in [0.29, 0.717) is 24.6 Å². The van der Waals surface area contributed by atoms with E-state index in [1.165, 1.54) is 7.11 Å². The molecule has 8 nitrogen and oxygen atoms in total. The van der Waals surface area contributed by atoms with Gasteiger partial charge in [-0.1, -0.05) is 45.7 Å². The number of piperazine rings is 1. The van der Waals surface area contributed by atoms with E-state index in [1.54, 1.807) is 11.7 Å². The summed E-state index contributed by atoms with van der Waals surface area (Å²) in [5, 5.41) is 0.996. The van der Waals surface area contributed by atoms with E-state index in [0.717, 1.165) is 78.8 Å². The number of rotatable bonds is 11. The summed E-state index contributed by atoms with van der Waals surface area (Å²) in [6.45, 7) is 13.5. The molecule has 0 spiro atoms. The molecule has 1 aromatic heterocycles. The lowest BCUT2D eigenvalue weighted by atomic mass is 9.97. The Morgan fingerprint density at radius 3 is 2.49 bits per heavy atom. The van der Waals surface area contributed by atoms with Gasteiger partial charge in [0.05, 0.1) is 31.9 Å². The summed E-state index contributed by atoms with van der Waals surface area (Å²) in [5.74, 6) is 1.10. The van der Waals surface area contributed by atoms with Crippen molar-refractivity contribution in [2.24, 2.45) is 5.92 Å². The second kappa shape index (κ2) is 14.0. The molecule has 2 heterocycles. The highest BCUT2D eigenvalue weighted by Gasteiger charge is 2.31. The highest BCUT2D eigenvalue weighted by Crippen LogP contribution is 2.36. The van der Waals surface area contributed by atoms with Crippen LogP contribution in [0.25, 0.3) is 10.9 Å². The minimum atomic E-state index is -0.352. The molecule has 0 bridgehead atoms. The van der Waals surface area contributed by atoms with Crippen molar-refractivity contribution in [3.8, 4) is 5.75 Å². The van der Waals surface area contributed by atoms with Crippen molar-refractivity contribution in [2.75, 3.05) is 47.0 Å². The van der Waals surface area contributed by atoms with Crippen LogP contribution >= 0.6 is 0 Å². The third-order valence-corrected chi connectivity index (χ3v) is 8.29. The number of esters is 1. The molecule has 1 aliphatic rings. The fourth-order valence-electron chi connectivity index (χ4n) is 5.71. The first-order valence-corrected chi connectivity index (χ1v) is 14.8. The first-order chi connectivity index (χ1) is 19.8. The van der Waals surface area contributed by atoms with Gasteiger partial charge in [0.1, 0.15) is 5.75 Å². The highest BCUT2D eigenvalue weighted by atomic mass is 16.5. The first kappa shape index (κ1) is 30.6. The van der Waals surface area contributed by atoms with Crippen molar-refractivity contribution < 1.29 is 23.8 Å². The summed E-state index contributed by atoms with van der Waals surface area (Å²) in [6.07, 6.45) is 4.41. The average Bonchev–Trinajstić information content (AvgIpc) is 3.45. The third kappa shape index (κ3) is 6.93. The van der Waals surface area contributed by atoms with Crippen molar-refractivity contribution in [2.45, 2.75) is 59.5 Å². The van der Waals surface area contributed by atoms with Gasteiger partial charge in [-0.3, -0.25) is 14.4 Å². The Morgan fingerprint density at radius 2 is 1.83 bits per heavy atom. The number of nitrogens with zero attached hydrogens (tertiary/aromatic N) is 3. The van der Waals surface area contributed by atoms with Gasteiger partial charge in [-0.25, -0.2) is 9.59 Å². The largest absolute Gasteiger partial charge is 0.496 e. The molecule has 41 heavy (non-hydrogen) atoms. The summed E-state index contributed by atoms with van der Waals surface area (Å²) in [6, 6.07) is 11.9. The van der Waals surface area contributed by atoms with Crippen LogP contribution in [0, 0.1) is 12.8 Å². The maximum Gasteiger partial charge on any atom is 0.418 e. The molecule has 0 saturated carbocycles. The van der Waals surface area contributed by atoms with Gasteiger partial charge in [0.2, 0.25) is 0 Å². The lowest BCUT2D eigenvalue weighted by Gasteiger charge is -2.43. The van der Waals surface area contributed by atoms with Gasteiger partial charge >= 0.3 is 12.1 Å². The summed E-state index contributed by atoms with van der Waals surface area (Å²) >= 11 is 0. The Morgan fingerprint density at radius 1 is 1.07 bits per heavy atom. The minimum absolute atomic E-state index is 0.127. The van der Waals surface area contributed by atoms with Crippen LogP contribution in [0.3, 0.4) is 0 Å². The van der Waals surface area contributed by atoms with Crippen molar-refractivity contribution in [1.29, 1.82) is 0 Å².